The van der Waals surface area contributed by atoms with Gasteiger partial charge in [-0.25, -0.2) is 0 Å². The molecule has 1 saturated heterocycles. The van der Waals surface area contributed by atoms with E-state index in [0.29, 0.717) is 6.04 Å². The fraction of sp³-hybridized carbons (Fsp3) is 0.789. The quantitative estimate of drug-likeness (QED) is 0.236. The lowest BCUT2D eigenvalue weighted by atomic mass is 10.0. The van der Waals surface area contributed by atoms with E-state index in [1.807, 2.05) is 23.1 Å². The minimum absolute atomic E-state index is 0. The van der Waals surface area contributed by atoms with Crippen LogP contribution in [0.15, 0.2) is 23.5 Å². The van der Waals surface area contributed by atoms with Gasteiger partial charge in [0, 0.05) is 38.1 Å². The Morgan fingerprint density at radius 1 is 1.19 bits per heavy atom. The second-order valence-electron chi connectivity index (χ2n) is 6.81. The summed E-state index contributed by atoms with van der Waals surface area (Å²) in [5.74, 6) is 0.948. The van der Waals surface area contributed by atoms with Gasteiger partial charge in [0.25, 0.3) is 0 Å². The molecule has 1 aromatic rings. The van der Waals surface area contributed by atoms with Crippen LogP contribution in [0.3, 0.4) is 0 Å². The summed E-state index contributed by atoms with van der Waals surface area (Å²) in [6, 6.07) is 2.58. The maximum absolute atomic E-state index is 4.86. The molecule has 150 valence electrons. The molecule has 0 amide bonds. The largest absolute Gasteiger partial charge is 0.357 e. The average Bonchev–Trinajstić information content (AvgIpc) is 3.15. The maximum atomic E-state index is 4.86. The van der Waals surface area contributed by atoms with Crippen LogP contribution >= 0.6 is 24.0 Å². The zero-order valence-electron chi connectivity index (χ0n) is 16.5. The number of unbranched alkanes of at least 4 members (excludes halogenated alkanes) is 1. The highest BCUT2D eigenvalue weighted by Gasteiger charge is 2.21. The fourth-order valence-electron chi connectivity index (χ4n) is 3.34. The van der Waals surface area contributed by atoms with E-state index < -0.39 is 0 Å². The molecule has 0 aliphatic carbocycles. The first-order valence-electron chi connectivity index (χ1n) is 10.1. The Bertz CT molecular complexity index is 476. The van der Waals surface area contributed by atoms with Crippen LogP contribution in [0, 0.1) is 0 Å². The number of hydrogen-bond acceptors (Lipinski definition) is 3. The molecule has 2 N–H and O–H groups in total. The molecule has 0 saturated carbocycles. The van der Waals surface area contributed by atoms with Crippen molar-refractivity contribution < 1.29 is 0 Å². The highest BCUT2D eigenvalue weighted by Crippen LogP contribution is 2.17. The van der Waals surface area contributed by atoms with Gasteiger partial charge in [-0.2, -0.15) is 5.10 Å². The third-order valence-electron chi connectivity index (χ3n) is 4.77. The summed E-state index contributed by atoms with van der Waals surface area (Å²) >= 11 is 0. The second kappa shape index (κ2) is 14.3. The van der Waals surface area contributed by atoms with Crippen LogP contribution in [0.4, 0.5) is 0 Å². The van der Waals surface area contributed by atoms with Crippen molar-refractivity contribution in [2.45, 2.75) is 65.0 Å². The summed E-state index contributed by atoms with van der Waals surface area (Å²) in [7, 11) is 0. The molecule has 1 fully saturated rings. The standard InChI is InChI=1S/C19H36N6.HI/c1-3-5-13-24-14-7-6-10-18(24)17-22-19(20-4-2)21-11-8-15-25-16-9-12-23-25;/h9,12,16,18H,3-8,10-11,13-15,17H2,1-2H3,(H2,20,21,22);1H. The van der Waals surface area contributed by atoms with Gasteiger partial charge in [-0.05, 0) is 51.8 Å². The van der Waals surface area contributed by atoms with Crippen molar-refractivity contribution in [1.82, 2.24) is 25.3 Å². The molecule has 0 aromatic carbocycles. The number of aliphatic imine (C=N–C) groups is 1. The van der Waals surface area contributed by atoms with Gasteiger partial charge in [-0.1, -0.05) is 19.8 Å². The zero-order chi connectivity index (χ0) is 17.7. The van der Waals surface area contributed by atoms with Crippen LogP contribution in [0.2, 0.25) is 0 Å². The van der Waals surface area contributed by atoms with Gasteiger partial charge in [0.2, 0.25) is 0 Å². The summed E-state index contributed by atoms with van der Waals surface area (Å²) in [6.07, 6.45) is 11.4. The Labute approximate surface area is 176 Å². The number of nitrogens with one attached hydrogen (secondary N) is 2. The van der Waals surface area contributed by atoms with Gasteiger partial charge in [-0.3, -0.25) is 14.6 Å². The van der Waals surface area contributed by atoms with Gasteiger partial charge in [0.1, 0.15) is 0 Å². The lowest BCUT2D eigenvalue weighted by Gasteiger charge is -2.35. The van der Waals surface area contributed by atoms with Crippen LogP contribution in [-0.4, -0.2) is 59.4 Å². The number of guanidine groups is 1. The first kappa shape index (κ1) is 23.2. The van der Waals surface area contributed by atoms with E-state index in [-0.39, 0.29) is 24.0 Å². The minimum atomic E-state index is 0. The van der Waals surface area contributed by atoms with Crippen LogP contribution in [-0.2, 0) is 6.54 Å². The molecule has 1 aliphatic heterocycles. The van der Waals surface area contributed by atoms with Crippen molar-refractivity contribution in [2.75, 3.05) is 32.7 Å². The predicted octanol–water partition coefficient (Wildman–Crippen LogP) is 3.10. The van der Waals surface area contributed by atoms with Crippen LogP contribution in [0.1, 0.15) is 52.4 Å². The fourth-order valence-corrected chi connectivity index (χ4v) is 3.34. The minimum Gasteiger partial charge on any atom is -0.357 e. The molecule has 1 aromatic heterocycles. The van der Waals surface area contributed by atoms with Crippen molar-refractivity contribution in [3.63, 3.8) is 0 Å². The number of piperidine rings is 1. The molecule has 0 spiro atoms. The summed E-state index contributed by atoms with van der Waals surface area (Å²) in [4.78, 5) is 7.51. The first-order valence-corrected chi connectivity index (χ1v) is 10.1. The number of halogens is 1. The molecule has 2 heterocycles. The van der Waals surface area contributed by atoms with Crippen molar-refractivity contribution in [1.29, 1.82) is 0 Å². The highest BCUT2D eigenvalue weighted by molar-refractivity contribution is 14.0. The van der Waals surface area contributed by atoms with E-state index in [0.717, 1.165) is 38.6 Å². The average molecular weight is 476 g/mol. The molecule has 7 heteroatoms. The number of rotatable bonds is 10. The molecule has 6 nitrogen and oxygen atoms in total. The van der Waals surface area contributed by atoms with Crippen molar-refractivity contribution in [2.24, 2.45) is 4.99 Å². The number of nitrogens with zero attached hydrogens (tertiary/aromatic N) is 4. The summed E-state index contributed by atoms with van der Waals surface area (Å²) in [5, 5.41) is 11.1. The summed E-state index contributed by atoms with van der Waals surface area (Å²) in [5.41, 5.74) is 0. The molecular weight excluding hydrogens is 439 g/mol. The third kappa shape index (κ3) is 8.70. The van der Waals surface area contributed by atoms with Gasteiger partial charge >= 0.3 is 0 Å². The van der Waals surface area contributed by atoms with Crippen molar-refractivity contribution >= 4 is 29.9 Å². The summed E-state index contributed by atoms with van der Waals surface area (Å²) < 4.78 is 1.97. The van der Waals surface area contributed by atoms with E-state index in [4.69, 9.17) is 4.99 Å². The normalized spacial score (nSPS) is 18.4. The van der Waals surface area contributed by atoms with E-state index in [9.17, 15) is 0 Å². The third-order valence-corrected chi connectivity index (χ3v) is 4.77. The van der Waals surface area contributed by atoms with Gasteiger partial charge in [0.05, 0.1) is 6.54 Å². The van der Waals surface area contributed by atoms with E-state index in [1.165, 1.54) is 45.2 Å². The number of aryl methyl sites for hydroxylation is 1. The molecular formula is C19H37IN6. The predicted molar refractivity (Wildman–Crippen MR) is 120 cm³/mol. The number of hydrogen-bond donors (Lipinski definition) is 2. The Kier molecular flexibility index (Phi) is 12.7. The van der Waals surface area contributed by atoms with Crippen molar-refractivity contribution in [3.05, 3.63) is 18.5 Å². The summed E-state index contributed by atoms with van der Waals surface area (Å²) in [6.45, 7) is 10.5. The van der Waals surface area contributed by atoms with Gasteiger partial charge in [-0.15, -0.1) is 24.0 Å². The smallest absolute Gasteiger partial charge is 0.191 e. The molecule has 0 bridgehead atoms. The van der Waals surface area contributed by atoms with E-state index in [2.05, 4.69) is 34.5 Å². The Morgan fingerprint density at radius 2 is 2.08 bits per heavy atom. The topological polar surface area (TPSA) is 57.5 Å². The molecule has 1 aliphatic rings. The first-order chi connectivity index (χ1) is 12.3. The Morgan fingerprint density at radius 3 is 2.81 bits per heavy atom. The highest BCUT2D eigenvalue weighted by atomic mass is 127. The zero-order valence-corrected chi connectivity index (χ0v) is 18.8. The second-order valence-corrected chi connectivity index (χ2v) is 6.81. The molecule has 26 heavy (non-hydrogen) atoms. The lowest BCUT2D eigenvalue weighted by molar-refractivity contribution is 0.151. The number of likely N-dealkylation sites (tertiary alicyclic amines) is 1. The van der Waals surface area contributed by atoms with Gasteiger partial charge in [0.15, 0.2) is 5.96 Å². The van der Waals surface area contributed by atoms with Crippen LogP contribution in [0.25, 0.3) is 0 Å². The van der Waals surface area contributed by atoms with Crippen LogP contribution < -0.4 is 10.6 Å². The molecule has 1 unspecified atom stereocenters. The maximum Gasteiger partial charge on any atom is 0.191 e. The molecule has 1 atom stereocenters. The molecule has 0 radical (unpaired) electrons. The SMILES string of the molecule is CCCCN1CCCCC1CN=C(NCC)NCCCn1cccn1.I. The monoisotopic (exact) mass is 476 g/mol. The Balaban J connectivity index is 0.00000338. The Hall–Kier alpha value is -0.830. The van der Waals surface area contributed by atoms with E-state index >= 15 is 0 Å². The van der Waals surface area contributed by atoms with Gasteiger partial charge < -0.3 is 10.6 Å². The van der Waals surface area contributed by atoms with E-state index in [1.54, 1.807) is 0 Å². The van der Waals surface area contributed by atoms with Crippen molar-refractivity contribution in [3.8, 4) is 0 Å². The molecule has 2 rings (SSSR count). The lowest BCUT2D eigenvalue weighted by Crippen LogP contribution is -2.43. The van der Waals surface area contributed by atoms with Crippen LogP contribution in [0.5, 0.6) is 0 Å². The number of aromatic nitrogens is 2.